The van der Waals surface area contributed by atoms with Crippen molar-refractivity contribution in [2.75, 3.05) is 36.8 Å². The van der Waals surface area contributed by atoms with Gasteiger partial charge in [-0.1, -0.05) is 49.2 Å². The second-order valence-corrected chi connectivity index (χ2v) is 9.91. The second-order valence-electron chi connectivity index (χ2n) is 9.10. The van der Waals surface area contributed by atoms with Gasteiger partial charge in [-0.2, -0.15) is 0 Å². The molecule has 1 aromatic heterocycles. The number of aromatic nitrogens is 2. The maximum Gasteiger partial charge on any atom is 0.321 e. The number of hydrogen-bond donors (Lipinski definition) is 3. The van der Waals surface area contributed by atoms with Crippen LogP contribution >= 0.6 is 23.2 Å². The molecule has 4 rings (SSSR count). The predicted molar refractivity (Wildman–Crippen MR) is 143 cm³/mol. The normalized spacial score (nSPS) is 15.2. The van der Waals surface area contributed by atoms with Crippen molar-refractivity contribution in [3.8, 4) is 0 Å². The van der Waals surface area contributed by atoms with Crippen LogP contribution < -0.4 is 16.4 Å². The van der Waals surface area contributed by atoms with Gasteiger partial charge in [0.1, 0.15) is 17.7 Å². The van der Waals surface area contributed by atoms with Crippen LogP contribution in [0.15, 0.2) is 42.5 Å². The van der Waals surface area contributed by atoms with Crippen molar-refractivity contribution in [2.24, 2.45) is 11.7 Å². The summed E-state index contributed by atoms with van der Waals surface area (Å²) in [6, 6.07) is 11.9. The number of benzene rings is 2. The monoisotopic (exact) mass is 529 g/mol. The van der Waals surface area contributed by atoms with Gasteiger partial charge in [-0.15, -0.1) is 0 Å². The first kappa shape index (κ1) is 25.9. The van der Waals surface area contributed by atoms with Gasteiger partial charge < -0.3 is 21.3 Å². The quantitative estimate of drug-likeness (QED) is 0.422. The Morgan fingerprint density at radius 3 is 2.42 bits per heavy atom. The van der Waals surface area contributed by atoms with E-state index >= 15 is 0 Å². The molecule has 11 heteroatoms. The van der Waals surface area contributed by atoms with E-state index in [9.17, 15) is 9.59 Å². The Morgan fingerprint density at radius 1 is 1.03 bits per heavy atom. The first-order valence-electron chi connectivity index (χ1n) is 11.8. The number of para-hydroxylation sites is 1. The minimum atomic E-state index is -0.547. The van der Waals surface area contributed by atoms with Crippen LogP contribution in [0.25, 0.3) is 10.9 Å². The molecule has 2 heterocycles. The van der Waals surface area contributed by atoms with Crippen LogP contribution in [0.4, 0.5) is 16.3 Å². The van der Waals surface area contributed by atoms with Gasteiger partial charge in [0.05, 0.1) is 22.1 Å². The predicted octanol–water partition coefficient (Wildman–Crippen LogP) is 4.21. The highest BCUT2D eigenvalue weighted by Gasteiger charge is 2.24. The fourth-order valence-corrected chi connectivity index (χ4v) is 4.40. The number of hydrogen-bond acceptors (Lipinski definition) is 6. The number of nitrogens with one attached hydrogen (secondary N) is 2. The molecule has 3 aromatic rings. The largest absolute Gasteiger partial charge is 0.368 e. The topological polar surface area (TPSA) is 116 Å². The molecule has 1 saturated heterocycles. The summed E-state index contributed by atoms with van der Waals surface area (Å²) in [6.45, 7) is 6.84. The van der Waals surface area contributed by atoms with Crippen molar-refractivity contribution in [3.63, 3.8) is 0 Å². The van der Waals surface area contributed by atoms with Gasteiger partial charge in [0, 0.05) is 37.3 Å². The number of fused-ring (bicyclic) bond motifs is 1. The molecule has 9 nitrogen and oxygen atoms in total. The summed E-state index contributed by atoms with van der Waals surface area (Å²) in [5, 5.41) is 7.75. The highest BCUT2D eigenvalue weighted by Crippen LogP contribution is 2.26. The molecule has 0 bridgehead atoms. The Balaban J connectivity index is 1.42. The third-order valence-corrected chi connectivity index (χ3v) is 6.85. The summed E-state index contributed by atoms with van der Waals surface area (Å²) in [5.74, 6) is 0.803. The molecule has 2 aromatic carbocycles. The van der Waals surface area contributed by atoms with Crippen LogP contribution in [0.3, 0.4) is 0 Å². The van der Waals surface area contributed by atoms with Crippen molar-refractivity contribution >= 4 is 57.5 Å². The Kier molecular flexibility index (Phi) is 8.13. The van der Waals surface area contributed by atoms with Crippen LogP contribution in [-0.2, 0) is 11.3 Å². The number of nitrogens with two attached hydrogens (primary N) is 1. The molecule has 1 aliphatic rings. The number of amides is 3. The standard InChI is InChI=1S/C25H29Cl2N7O2/c1-15(2)22(23(28)35)32-24-17-5-3-4-6-20(17)30-21(31-24)14-33-9-11-34(12-10-33)25(36)29-16-7-8-18(26)19(27)13-16/h3-8,13,15,22H,9-12,14H2,1-2H3,(H2,28,35)(H,29,36)(H,30,31,32)/t22-/m0/s1. The lowest BCUT2D eigenvalue weighted by Gasteiger charge is -2.34. The van der Waals surface area contributed by atoms with E-state index in [0.29, 0.717) is 60.1 Å². The minimum Gasteiger partial charge on any atom is -0.368 e. The molecule has 1 fully saturated rings. The number of urea groups is 1. The van der Waals surface area contributed by atoms with Gasteiger partial charge >= 0.3 is 6.03 Å². The van der Waals surface area contributed by atoms with Crippen LogP contribution in [-0.4, -0.2) is 63.9 Å². The maximum atomic E-state index is 12.7. The molecule has 190 valence electrons. The van der Waals surface area contributed by atoms with E-state index in [1.807, 2.05) is 38.1 Å². The van der Waals surface area contributed by atoms with Crippen molar-refractivity contribution in [3.05, 3.63) is 58.3 Å². The summed E-state index contributed by atoms with van der Waals surface area (Å²) in [5.41, 5.74) is 7.00. The van der Waals surface area contributed by atoms with Crippen LogP contribution in [0.2, 0.25) is 10.0 Å². The maximum absolute atomic E-state index is 12.7. The van der Waals surface area contributed by atoms with E-state index in [-0.39, 0.29) is 11.9 Å². The van der Waals surface area contributed by atoms with Crippen molar-refractivity contribution in [1.29, 1.82) is 0 Å². The van der Waals surface area contributed by atoms with Gasteiger partial charge in [-0.05, 0) is 36.2 Å². The molecule has 4 N–H and O–H groups in total. The molecule has 0 aliphatic carbocycles. The third kappa shape index (κ3) is 6.16. The Hall–Kier alpha value is -3.14. The number of carbonyl (C=O) groups is 2. The van der Waals surface area contributed by atoms with Crippen LogP contribution in [0, 0.1) is 5.92 Å². The molecule has 0 unspecified atom stereocenters. The summed E-state index contributed by atoms with van der Waals surface area (Å²) >= 11 is 12.0. The van der Waals surface area contributed by atoms with Crippen LogP contribution in [0.1, 0.15) is 19.7 Å². The summed E-state index contributed by atoms with van der Waals surface area (Å²) in [6.07, 6.45) is 0. The van der Waals surface area contributed by atoms with E-state index < -0.39 is 11.9 Å². The zero-order valence-electron chi connectivity index (χ0n) is 20.2. The average Bonchev–Trinajstić information content (AvgIpc) is 2.84. The smallest absolute Gasteiger partial charge is 0.321 e. The van der Waals surface area contributed by atoms with E-state index in [0.717, 1.165) is 10.9 Å². The number of carbonyl (C=O) groups excluding carboxylic acids is 2. The molecule has 0 spiro atoms. The SMILES string of the molecule is CC(C)[C@H](Nc1nc(CN2CCN(C(=O)Nc3ccc(Cl)c(Cl)c3)CC2)nc2ccccc12)C(N)=O. The van der Waals surface area contributed by atoms with Gasteiger partial charge in [-0.3, -0.25) is 9.69 Å². The summed E-state index contributed by atoms with van der Waals surface area (Å²) in [7, 11) is 0. The Labute approximate surface area is 220 Å². The molecule has 3 amide bonds. The van der Waals surface area contributed by atoms with E-state index in [4.69, 9.17) is 38.9 Å². The minimum absolute atomic E-state index is 0.00259. The van der Waals surface area contributed by atoms with Gasteiger partial charge in [0.25, 0.3) is 0 Å². The molecule has 0 radical (unpaired) electrons. The number of halogens is 2. The zero-order valence-corrected chi connectivity index (χ0v) is 21.7. The fraction of sp³-hybridized carbons (Fsp3) is 0.360. The van der Waals surface area contributed by atoms with Crippen molar-refractivity contribution in [2.45, 2.75) is 26.4 Å². The lowest BCUT2D eigenvalue weighted by Crippen LogP contribution is -2.49. The number of primary amides is 1. The molecule has 1 aliphatic heterocycles. The average molecular weight is 530 g/mol. The van der Waals surface area contributed by atoms with Crippen molar-refractivity contribution in [1.82, 2.24) is 19.8 Å². The van der Waals surface area contributed by atoms with E-state index in [1.165, 1.54) is 0 Å². The molecular formula is C25H29Cl2N7O2. The Bertz CT molecular complexity index is 1260. The number of nitrogens with zero attached hydrogens (tertiary/aromatic N) is 4. The number of rotatable bonds is 7. The number of piperazine rings is 1. The summed E-state index contributed by atoms with van der Waals surface area (Å²) in [4.78, 5) is 38.1. The van der Waals surface area contributed by atoms with Gasteiger partial charge in [0.2, 0.25) is 5.91 Å². The summed E-state index contributed by atoms with van der Waals surface area (Å²) < 4.78 is 0. The van der Waals surface area contributed by atoms with Crippen molar-refractivity contribution < 1.29 is 9.59 Å². The van der Waals surface area contributed by atoms with E-state index in [2.05, 4.69) is 15.5 Å². The zero-order chi connectivity index (χ0) is 25.8. The molecule has 1 atom stereocenters. The van der Waals surface area contributed by atoms with E-state index in [1.54, 1.807) is 23.1 Å². The first-order valence-corrected chi connectivity index (χ1v) is 12.5. The first-order chi connectivity index (χ1) is 17.2. The van der Waals surface area contributed by atoms with Crippen LogP contribution in [0.5, 0.6) is 0 Å². The Morgan fingerprint density at radius 2 is 1.75 bits per heavy atom. The lowest BCUT2D eigenvalue weighted by molar-refractivity contribution is -0.119. The molecule has 0 saturated carbocycles. The van der Waals surface area contributed by atoms with Gasteiger partial charge in [0.15, 0.2) is 0 Å². The highest BCUT2D eigenvalue weighted by atomic mass is 35.5. The third-order valence-electron chi connectivity index (χ3n) is 6.11. The fourth-order valence-electron chi connectivity index (χ4n) is 4.10. The molecular weight excluding hydrogens is 501 g/mol. The lowest BCUT2D eigenvalue weighted by atomic mass is 10.0. The highest BCUT2D eigenvalue weighted by molar-refractivity contribution is 6.42. The van der Waals surface area contributed by atoms with Gasteiger partial charge in [-0.25, -0.2) is 14.8 Å². The number of anilines is 2. The second kappa shape index (κ2) is 11.3. The molecule has 36 heavy (non-hydrogen) atoms.